The monoisotopic (exact) mass is 403 g/mol. The van der Waals surface area contributed by atoms with E-state index in [1.54, 1.807) is 0 Å². The third-order valence-corrected chi connectivity index (χ3v) is 4.92. The fourth-order valence-electron chi connectivity index (χ4n) is 3.25. The van der Waals surface area contributed by atoms with Gasteiger partial charge in [0.25, 0.3) is 0 Å². The lowest BCUT2D eigenvalue weighted by Gasteiger charge is -2.23. The quantitative estimate of drug-likeness (QED) is 0.748. The number of nitrogens with one attached hydrogen (secondary N) is 2. The van der Waals surface area contributed by atoms with Crippen LogP contribution in [0.3, 0.4) is 0 Å². The molecule has 2 aliphatic rings. The van der Waals surface area contributed by atoms with Crippen molar-refractivity contribution in [2.45, 2.75) is 50.8 Å². The number of aromatic nitrogens is 2. The Balaban J connectivity index is 1.72. The molecule has 2 fully saturated rings. The van der Waals surface area contributed by atoms with Crippen LogP contribution in [-0.4, -0.2) is 47.4 Å². The Kier molecular flexibility index (Phi) is 6.69. The highest BCUT2D eigenvalue weighted by molar-refractivity contribution is 7.80. The van der Waals surface area contributed by atoms with Gasteiger partial charge in [-0.3, -0.25) is 0 Å². The summed E-state index contributed by atoms with van der Waals surface area (Å²) in [5.41, 5.74) is -0.971. The maximum absolute atomic E-state index is 13.3. The molecule has 0 bridgehead atoms. The molecular formula is C17H24F3N5OS. The average Bonchev–Trinajstić information content (AvgIpc) is 2.99. The largest absolute Gasteiger partial charge is 0.433 e. The molecule has 1 atom stereocenters. The van der Waals surface area contributed by atoms with E-state index in [1.807, 2.05) is 4.90 Å². The molecule has 6 nitrogen and oxygen atoms in total. The Morgan fingerprint density at radius 1 is 1.19 bits per heavy atom. The standard InChI is InChI=1S/C17H24F3N5OS/c18-17(19,20)13-10-14(25-7-3-1-2-4-8-25)23-15(22-13)24-16(27)21-11-12-6-5-9-26-12/h10,12H,1-9,11H2,(H2,21,22,23,24,27). The maximum atomic E-state index is 13.3. The number of ether oxygens (including phenoxy) is 1. The molecule has 27 heavy (non-hydrogen) atoms. The summed E-state index contributed by atoms with van der Waals surface area (Å²) >= 11 is 5.18. The number of thiocarbonyl (C=S) groups is 1. The molecule has 0 amide bonds. The summed E-state index contributed by atoms with van der Waals surface area (Å²) < 4.78 is 45.3. The minimum absolute atomic E-state index is 0.0693. The summed E-state index contributed by atoms with van der Waals surface area (Å²) in [5.74, 6) is 0.137. The van der Waals surface area contributed by atoms with Gasteiger partial charge in [-0.25, -0.2) is 4.98 Å². The molecule has 150 valence electrons. The second kappa shape index (κ2) is 9.01. The van der Waals surface area contributed by atoms with Gasteiger partial charge in [-0.2, -0.15) is 18.2 Å². The van der Waals surface area contributed by atoms with Gasteiger partial charge < -0.3 is 20.3 Å². The first-order chi connectivity index (χ1) is 12.9. The molecule has 0 saturated carbocycles. The fraction of sp³-hybridized carbons (Fsp3) is 0.706. The Hall–Kier alpha value is -1.68. The minimum atomic E-state index is -4.55. The highest BCUT2D eigenvalue weighted by Gasteiger charge is 2.34. The summed E-state index contributed by atoms with van der Waals surface area (Å²) in [6.07, 6.45) is 1.50. The number of alkyl halides is 3. The molecule has 2 aliphatic heterocycles. The second-order valence-corrected chi connectivity index (χ2v) is 7.21. The van der Waals surface area contributed by atoms with Crippen molar-refractivity contribution in [1.82, 2.24) is 15.3 Å². The van der Waals surface area contributed by atoms with Gasteiger partial charge >= 0.3 is 6.18 Å². The third kappa shape index (κ3) is 5.90. The van der Waals surface area contributed by atoms with Gasteiger partial charge in [0.15, 0.2) is 10.8 Å². The lowest BCUT2D eigenvalue weighted by Crippen LogP contribution is -2.35. The van der Waals surface area contributed by atoms with Crippen LogP contribution in [0.2, 0.25) is 0 Å². The lowest BCUT2D eigenvalue weighted by atomic mass is 10.2. The number of halogens is 3. The number of hydrogen-bond acceptors (Lipinski definition) is 5. The molecule has 0 aromatic carbocycles. The van der Waals surface area contributed by atoms with E-state index in [0.717, 1.165) is 51.2 Å². The van der Waals surface area contributed by atoms with Crippen LogP contribution in [0.1, 0.15) is 44.2 Å². The SMILES string of the molecule is FC(F)(F)c1cc(N2CCCCCC2)nc(NC(=S)NCC2CCCO2)n1. The summed E-state index contributed by atoms with van der Waals surface area (Å²) in [5, 5.41) is 5.84. The van der Waals surface area contributed by atoms with Crippen molar-refractivity contribution in [2.75, 3.05) is 36.5 Å². The summed E-state index contributed by atoms with van der Waals surface area (Å²) in [6, 6.07) is 1.01. The molecular weight excluding hydrogens is 379 g/mol. The van der Waals surface area contributed by atoms with E-state index in [2.05, 4.69) is 20.6 Å². The predicted octanol–water partition coefficient (Wildman–Crippen LogP) is 3.34. The Labute approximate surface area is 161 Å². The van der Waals surface area contributed by atoms with Crippen LogP contribution in [0.25, 0.3) is 0 Å². The smallest absolute Gasteiger partial charge is 0.376 e. The van der Waals surface area contributed by atoms with Crippen LogP contribution in [0.4, 0.5) is 24.9 Å². The Morgan fingerprint density at radius 3 is 2.56 bits per heavy atom. The van der Waals surface area contributed by atoms with Crippen molar-refractivity contribution in [2.24, 2.45) is 0 Å². The summed E-state index contributed by atoms with van der Waals surface area (Å²) in [6.45, 7) is 2.61. The highest BCUT2D eigenvalue weighted by Crippen LogP contribution is 2.31. The van der Waals surface area contributed by atoms with Crippen molar-refractivity contribution >= 4 is 29.1 Å². The van der Waals surface area contributed by atoms with E-state index in [9.17, 15) is 13.2 Å². The number of anilines is 2. The number of rotatable bonds is 4. The molecule has 0 radical (unpaired) electrons. The summed E-state index contributed by atoms with van der Waals surface area (Å²) in [7, 11) is 0. The van der Waals surface area contributed by atoms with Gasteiger partial charge in [0.05, 0.1) is 6.10 Å². The van der Waals surface area contributed by atoms with Crippen LogP contribution in [0, 0.1) is 0 Å². The molecule has 2 saturated heterocycles. The predicted molar refractivity (Wildman–Crippen MR) is 101 cm³/mol. The van der Waals surface area contributed by atoms with Crippen LogP contribution >= 0.6 is 12.2 Å². The molecule has 0 aliphatic carbocycles. The first-order valence-corrected chi connectivity index (χ1v) is 9.70. The molecule has 1 aromatic heterocycles. The molecule has 1 aromatic rings. The van der Waals surface area contributed by atoms with Gasteiger partial charge in [-0.05, 0) is 37.9 Å². The van der Waals surface area contributed by atoms with Gasteiger partial charge in [0.2, 0.25) is 5.95 Å². The number of nitrogens with zero attached hydrogens (tertiary/aromatic N) is 3. The third-order valence-electron chi connectivity index (χ3n) is 4.67. The molecule has 1 unspecified atom stereocenters. The Morgan fingerprint density at radius 2 is 1.93 bits per heavy atom. The first-order valence-electron chi connectivity index (χ1n) is 9.29. The van der Waals surface area contributed by atoms with Crippen LogP contribution in [-0.2, 0) is 10.9 Å². The first kappa shape index (κ1) is 20.1. The zero-order valence-electron chi connectivity index (χ0n) is 15.0. The molecule has 0 spiro atoms. The second-order valence-electron chi connectivity index (χ2n) is 6.80. The van der Waals surface area contributed by atoms with E-state index in [1.165, 1.54) is 0 Å². The fourth-order valence-corrected chi connectivity index (χ4v) is 3.43. The molecule has 3 heterocycles. The van der Waals surface area contributed by atoms with Gasteiger partial charge in [0, 0.05) is 32.3 Å². The van der Waals surface area contributed by atoms with Crippen LogP contribution < -0.4 is 15.5 Å². The van der Waals surface area contributed by atoms with E-state index in [0.29, 0.717) is 19.6 Å². The van der Waals surface area contributed by atoms with Crippen molar-refractivity contribution in [3.63, 3.8) is 0 Å². The zero-order chi connectivity index (χ0) is 19.3. The zero-order valence-corrected chi connectivity index (χ0v) is 15.8. The molecule has 3 rings (SSSR count). The topological polar surface area (TPSA) is 62.3 Å². The lowest BCUT2D eigenvalue weighted by molar-refractivity contribution is -0.141. The summed E-state index contributed by atoms with van der Waals surface area (Å²) in [4.78, 5) is 9.77. The van der Waals surface area contributed by atoms with Gasteiger partial charge in [-0.15, -0.1) is 0 Å². The van der Waals surface area contributed by atoms with Crippen molar-refractivity contribution < 1.29 is 17.9 Å². The van der Waals surface area contributed by atoms with Crippen LogP contribution in [0.5, 0.6) is 0 Å². The van der Waals surface area contributed by atoms with E-state index in [-0.39, 0.29) is 23.0 Å². The Bertz CT molecular complexity index is 644. The van der Waals surface area contributed by atoms with Crippen molar-refractivity contribution in [3.8, 4) is 0 Å². The maximum Gasteiger partial charge on any atom is 0.433 e. The van der Waals surface area contributed by atoms with E-state index >= 15 is 0 Å². The van der Waals surface area contributed by atoms with E-state index < -0.39 is 11.9 Å². The van der Waals surface area contributed by atoms with E-state index in [4.69, 9.17) is 17.0 Å². The van der Waals surface area contributed by atoms with Crippen molar-refractivity contribution in [3.05, 3.63) is 11.8 Å². The molecule has 2 N–H and O–H groups in total. The van der Waals surface area contributed by atoms with Crippen LogP contribution in [0.15, 0.2) is 6.07 Å². The normalized spacial score (nSPS) is 21.0. The minimum Gasteiger partial charge on any atom is -0.376 e. The average molecular weight is 403 g/mol. The van der Waals surface area contributed by atoms with Gasteiger partial charge in [-0.1, -0.05) is 12.8 Å². The number of hydrogen-bond donors (Lipinski definition) is 2. The van der Waals surface area contributed by atoms with Gasteiger partial charge in [0.1, 0.15) is 5.82 Å². The highest BCUT2D eigenvalue weighted by atomic mass is 32.1. The van der Waals surface area contributed by atoms with Crippen molar-refractivity contribution in [1.29, 1.82) is 0 Å². The molecule has 10 heteroatoms.